The summed E-state index contributed by atoms with van der Waals surface area (Å²) >= 11 is 0. The zero-order valence-electron chi connectivity index (χ0n) is 16.1. The predicted octanol–water partition coefficient (Wildman–Crippen LogP) is 1.77. The Labute approximate surface area is 163 Å². The number of nitrogens with zero attached hydrogens (tertiary/aromatic N) is 3. The molecule has 0 bridgehead atoms. The van der Waals surface area contributed by atoms with Gasteiger partial charge in [-0.2, -0.15) is 0 Å². The van der Waals surface area contributed by atoms with Gasteiger partial charge in [0.05, 0.1) is 13.7 Å². The molecule has 1 saturated heterocycles. The highest BCUT2D eigenvalue weighted by Gasteiger charge is 2.47. The highest BCUT2D eigenvalue weighted by atomic mass is 16.5. The second kappa shape index (κ2) is 7.27. The average Bonchev–Trinajstić information content (AvgIpc) is 3.18. The van der Waals surface area contributed by atoms with Crippen molar-refractivity contribution in [3.05, 3.63) is 42.5 Å². The Morgan fingerprint density at radius 2 is 2.11 bits per heavy atom. The number of amides is 2. The minimum Gasteiger partial charge on any atom is -0.497 e. The van der Waals surface area contributed by atoms with Gasteiger partial charge < -0.3 is 24.3 Å². The van der Waals surface area contributed by atoms with E-state index in [0.29, 0.717) is 43.9 Å². The van der Waals surface area contributed by atoms with Crippen LogP contribution < -0.4 is 10.1 Å². The summed E-state index contributed by atoms with van der Waals surface area (Å²) < 4.78 is 13.6. The molecule has 28 heavy (non-hydrogen) atoms. The first kappa shape index (κ1) is 18.5. The number of aromatic nitrogens is 2. The summed E-state index contributed by atoms with van der Waals surface area (Å²) in [6.45, 7) is 3.16. The molecule has 1 unspecified atom stereocenters. The summed E-state index contributed by atoms with van der Waals surface area (Å²) in [5.41, 5.74) is 0.00852. The van der Waals surface area contributed by atoms with E-state index < -0.39 is 11.7 Å². The molecule has 1 N–H and O–H groups in total. The van der Waals surface area contributed by atoms with Crippen molar-refractivity contribution in [3.63, 3.8) is 0 Å². The molecule has 1 fully saturated rings. The van der Waals surface area contributed by atoms with Gasteiger partial charge in [0.15, 0.2) is 6.10 Å². The van der Waals surface area contributed by atoms with Gasteiger partial charge in [-0.3, -0.25) is 9.59 Å². The third-order valence-electron chi connectivity index (χ3n) is 5.50. The van der Waals surface area contributed by atoms with Crippen LogP contribution in [0.15, 0.2) is 36.7 Å². The summed E-state index contributed by atoms with van der Waals surface area (Å²) in [4.78, 5) is 30.9. The molecule has 148 valence electrons. The van der Waals surface area contributed by atoms with Crippen LogP contribution in [0.3, 0.4) is 0 Å². The maximum Gasteiger partial charge on any atom is 0.255 e. The summed E-state index contributed by atoms with van der Waals surface area (Å²) in [6, 6.07) is 7.23. The van der Waals surface area contributed by atoms with E-state index in [1.807, 2.05) is 33.9 Å². The SMILES string of the molecule is COc1cccc(NC(=O)C2Cn3ccnc3C3(CCN(C(C)=O)CC3)O2)c1. The summed E-state index contributed by atoms with van der Waals surface area (Å²) in [6.07, 6.45) is 4.21. The number of ether oxygens (including phenoxy) is 2. The number of methoxy groups -OCH3 is 1. The van der Waals surface area contributed by atoms with Crippen LogP contribution in [0.5, 0.6) is 5.75 Å². The molecule has 0 saturated carbocycles. The molecule has 0 radical (unpaired) electrons. The molecule has 2 aromatic rings. The van der Waals surface area contributed by atoms with E-state index in [9.17, 15) is 9.59 Å². The number of nitrogens with one attached hydrogen (secondary N) is 1. The van der Waals surface area contributed by atoms with Gasteiger partial charge in [0.25, 0.3) is 5.91 Å². The smallest absolute Gasteiger partial charge is 0.255 e. The van der Waals surface area contributed by atoms with Crippen LogP contribution in [0, 0.1) is 0 Å². The molecule has 1 aromatic heterocycles. The van der Waals surface area contributed by atoms with Crippen LogP contribution in [-0.2, 0) is 26.5 Å². The molecule has 1 atom stereocenters. The molecule has 1 aromatic carbocycles. The first-order valence-corrected chi connectivity index (χ1v) is 9.41. The number of hydrogen-bond acceptors (Lipinski definition) is 5. The maximum absolute atomic E-state index is 12.9. The lowest BCUT2D eigenvalue weighted by molar-refractivity contribution is -0.172. The molecule has 8 heteroatoms. The molecule has 3 heterocycles. The van der Waals surface area contributed by atoms with Crippen LogP contribution >= 0.6 is 0 Å². The van der Waals surface area contributed by atoms with Gasteiger partial charge >= 0.3 is 0 Å². The summed E-state index contributed by atoms with van der Waals surface area (Å²) in [7, 11) is 1.59. The van der Waals surface area contributed by atoms with Crippen molar-refractivity contribution in [3.8, 4) is 5.75 Å². The Kier molecular flexibility index (Phi) is 4.80. The number of carbonyl (C=O) groups excluding carboxylic acids is 2. The molecular formula is C20H24N4O4. The minimum absolute atomic E-state index is 0.0568. The third-order valence-corrected chi connectivity index (χ3v) is 5.50. The van der Waals surface area contributed by atoms with Crippen LogP contribution in [0.4, 0.5) is 5.69 Å². The first-order valence-electron chi connectivity index (χ1n) is 9.41. The first-order chi connectivity index (χ1) is 13.5. The van der Waals surface area contributed by atoms with E-state index >= 15 is 0 Å². The Morgan fingerprint density at radius 3 is 2.82 bits per heavy atom. The van der Waals surface area contributed by atoms with Gasteiger partial charge in [-0.1, -0.05) is 6.07 Å². The zero-order valence-corrected chi connectivity index (χ0v) is 16.1. The Hall–Kier alpha value is -2.87. The maximum atomic E-state index is 12.9. The van der Waals surface area contributed by atoms with E-state index in [1.54, 1.807) is 26.3 Å². The average molecular weight is 384 g/mol. The molecule has 4 rings (SSSR count). The van der Waals surface area contributed by atoms with Gasteiger partial charge in [-0.15, -0.1) is 0 Å². The number of likely N-dealkylation sites (tertiary alicyclic amines) is 1. The molecule has 1 spiro atoms. The Bertz CT molecular complexity index is 886. The van der Waals surface area contributed by atoms with Gasteiger partial charge in [-0.25, -0.2) is 4.98 Å². The lowest BCUT2D eigenvalue weighted by atomic mass is 9.88. The Morgan fingerprint density at radius 1 is 1.32 bits per heavy atom. The fourth-order valence-corrected chi connectivity index (χ4v) is 3.98. The second-order valence-corrected chi connectivity index (χ2v) is 7.23. The minimum atomic E-state index is -0.649. The quantitative estimate of drug-likeness (QED) is 0.872. The van der Waals surface area contributed by atoms with Crippen LogP contribution in [0.25, 0.3) is 0 Å². The lowest BCUT2D eigenvalue weighted by Gasteiger charge is -2.45. The van der Waals surface area contributed by atoms with Crippen LogP contribution in [0.2, 0.25) is 0 Å². The number of benzene rings is 1. The molecule has 2 aliphatic rings. The van der Waals surface area contributed by atoms with E-state index in [1.165, 1.54) is 0 Å². The summed E-state index contributed by atoms with van der Waals surface area (Å²) in [5, 5.41) is 2.92. The number of rotatable bonds is 3. The fourth-order valence-electron chi connectivity index (χ4n) is 3.98. The lowest BCUT2D eigenvalue weighted by Crippen LogP contribution is -2.53. The third kappa shape index (κ3) is 3.35. The topological polar surface area (TPSA) is 85.7 Å². The highest BCUT2D eigenvalue weighted by Crippen LogP contribution is 2.40. The van der Waals surface area contributed by atoms with Crippen molar-refractivity contribution in [1.29, 1.82) is 0 Å². The molecular weight excluding hydrogens is 360 g/mol. The van der Waals surface area contributed by atoms with Gasteiger partial charge in [0.1, 0.15) is 17.2 Å². The van der Waals surface area contributed by atoms with Crippen molar-refractivity contribution in [2.24, 2.45) is 0 Å². The molecule has 0 aliphatic carbocycles. The number of fused-ring (bicyclic) bond motifs is 2. The monoisotopic (exact) mass is 384 g/mol. The molecule has 2 amide bonds. The van der Waals surface area contributed by atoms with E-state index in [2.05, 4.69) is 10.3 Å². The number of anilines is 1. The number of piperidine rings is 1. The van der Waals surface area contributed by atoms with Crippen LogP contribution in [0.1, 0.15) is 25.6 Å². The van der Waals surface area contributed by atoms with E-state index in [-0.39, 0.29) is 11.8 Å². The standard InChI is InChI=1S/C20H24N4O4/c1-14(25)23-9-6-20(7-10-23)19-21-8-11-24(19)13-17(28-20)18(26)22-15-4-3-5-16(12-15)27-2/h3-5,8,11-12,17H,6-7,9-10,13H2,1-2H3,(H,22,26). The molecule has 2 aliphatic heterocycles. The van der Waals surface area contributed by atoms with Crippen molar-refractivity contribution in [2.45, 2.75) is 38.0 Å². The van der Waals surface area contributed by atoms with Gasteiger partial charge in [0, 0.05) is 57.0 Å². The van der Waals surface area contributed by atoms with Crippen molar-refractivity contribution in [1.82, 2.24) is 14.5 Å². The second-order valence-electron chi connectivity index (χ2n) is 7.23. The number of hydrogen-bond donors (Lipinski definition) is 1. The highest BCUT2D eigenvalue weighted by molar-refractivity contribution is 5.94. The largest absolute Gasteiger partial charge is 0.497 e. The van der Waals surface area contributed by atoms with Gasteiger partial charge in [-0.05, 0) is 12.1 Å². The van der Waals surface area contributed by atoms with Crippen molar-refractivity contribution >= 4 is 17.5 Å². The predicted molar refractivity (Wildman–Crippen MR) is 102 cm³/mol. The van der Waals surface area contributed by atoms with E-state index in [0.717, 1.165) is 5.82 Å². The van der Waals surface area contributed by atoms with Gasteiger partial charge in [0.2, 0.25) is 5.91 Å². The molecule has 8 nitrogen and oxygen atoms in total. The number of carbonyl (C=O) groups is 2. The van der Waals surface area contributed by atoms with Crippen molar-refractivity contribution in [2.75, 3.05) is 25.5 Å². The van der Waals surface area contributed by atoms with E-state index in [4.69, 9.17) is 9.47 Å². The van der Waals surface area contributed by atoms with Crippen molar-refractivity contribution < 1.29 is 19.1 Å². The zero-order chi connectivity index (χ0) is 19.7. The number of imidazole rings is 1. The Balaban J connectivity index is 1.53. The normalized spacial score (nSPS) is 20.5. The summed E-state index contributed by atoms with van der Waals surface area (Å²) in [5.74, 6) is 1.36. The fraction of sp³-hybridized carbons (Fsp3) is 0.450. The van der Waals surface area contributed by atoms with Crippen LogP contribution in [-0.4, -0.2) is 52.6 Å².